The molecule has 0 heterocycles. The van der Waals surface area contributed by atoms with E-state index in [4.69, 9.17) is 0 Å². The highest BCUT2D eigenvalue weighted by atomic mass is 16.2. The van der Waals surface area contributed by atoms with Crippen LogP contribution in [0.3, 0.4) is 0 Å². The standard InChI is InChI=1S/C15H24N2O/c1-11-8-6-7-9-13(11)12(2)17-10-15(3,4)14(18)16-5/h6-9,12,17H,10H2,1-5H3,(H,16,18). The molecule has 1 unspecified atom stereocenters. The summed E-state index contributed by atoms with van der Waals surface area (Å²) >= 11 is 0. The van der Waals surface area contributed by atoms with Gasteiger partial charge >= 0.3 is 0 Å². The average Bonchev–Trinajstić information content (AvgIpc) is 2.35. The highest BCUT2D eigenvalue weighted by molar-refractivity contribution is 5.81. The van der Waals surface area contributed by atoms with E-state index in [0.29, 0.717) is 6.54 Å². The summed E-state index contributed by atoms with van der Waals surface area (Å²) in [5.41, 5.74) is 2.16. The molecule has 0 aliphatic heterocycles. The molecule has 0 saturated carbocycles. The minimum atomic E-state index is -0.397. The van der Waals surface area contributed by atoms with Crippen LogP contribution in [-0.2, 0) is 4.79 Å². The van der Waals surface area contributed by atoms with Gasteiger partial charge in [-0.2, -0.15) is 0 Å². The second-order valence-electron chi connectivity index (χ2n) is 5.42. The van der Waals surface area contributed by atoms with Gasteiger partial charge in [0.1, 0.15) is 0 Å². The fourth-order valence-electron chi connectivity index (χ4n) is 2.01. The predicted molar refractivity (Wildman–Crippen MR) is 75.4 cm³/mol. The molecule has 1 aromatic carbocycles. The van der Waals surface area contributed by atoms with Crippen LogP contribution in [0.2, 0.25) is 0 Å². The fourth-order valence-corrected chi connectivity index (χ4v) is 2.01. The third-order valence-electron chi connectivity index (χ3n) is 3.35. The first-order chi connectivity index (χ1) is 8.38. The molecule has 0 aromatic heterocycles. The molecule has 3 heteroatoms. The largest absolute Gasteiger partial charge is 0.359 e. The van der Waals surface area contributed by atoms with E-state index < -0.39 is 5.41 Å². The molecule has 0 bridgehead atoms. The summed E-state index contributed by atoms with van der Waals surface area (Å²) in [6.45, 7) is 8.79. The van der Waals surface area contributed by atoms with E-state index in [1.165, 1.54) is 11.1 Å². The second-order valence-corrected chi connectivity index (χ2v) is 5.42. The van der Waals surface area contributed by atoms with Crippen molar-refractivity contribution in [3.8, 4) is 0 Å². The Morgan fingerprint density at radius 2 is 1.94 bits per heavy atom. The van der Waals surface area contributed by atoms with Gasteiger partial charge in [0.25, 0.3) is 0 Å². The molecule has 2 N–H and O–H groups in total. The van der Waals surface area contributed by atoms with Gasteiger partial charge in [-0.15, -0.1) is 0 Å². The number of carbonyl (C=O) groups excluding carboxylic acids is 1. The van der Waals surface area contributed by atoms with E-state index in [2.05, 4.69) is 36.6 Å². The summed E-state index contributed by atoms with van der Waals surface area (Å²) < 4.78 is 0. The first kappa shape index (κ1) is 14.7. The van der Waals surface area contributed by atoms with Crippen molar-refractivity contribution in [2.45, 2.75) is 33.7 Å². The van der Waals surface area contributed by atoms with Crippen LogP contribution in [-0.4, -0.2) is 19.5 Å². The zero-order chi connectivity index (χ0) is 13.8. The smallest absolute Gasteiger partial charge is 0.226 e. The first-order valence-corrected chi connectivity index (χ1v) is 6.39. The molecule has 3 nitrogen and oxygen atoms in total. The third-order valence-corrected chi connectivity index (χ3v) is 3.35. The summed E-state index contributed by atoms with van der Waals surface area (Å²) in [4.78, 5) is 11.7. The summed E-state index contributed by atoms with van der Waals surface area (Å²) in [5.74, 6) is 0.0620. The molecule has 0 spiro atoms. The van der Waals surface area contributed by atoms with Crippen molar-refractivity contribution in [1.82, 2.24) is 10.6 Å². The van der Waals surface area contributed by atoms with Crippen LogP contribution in [0, 0.1) is 12.3 Å². The number of amides is 1. The topological polar surface area (TPSA) is 41.1 Å². The van der Waals surface area contributed by atoms with Crippen molar-refractivity contribution < 1.29 is 4.79 Å². The maximum Gasteiger partial charge on any atom is 0.226 e. The molecular weight excluding hydrogens is 224 g/mol. The first-order valence-electron chi connectivity index (χ1n) is 6.39. The number of hydrogen-bond donors (Lipinski definition) is 2. The lowest BCUT2D eigenvalue weighted by molar-refractivity contribution is -0.128. The number of aryl methyl sites for hydroxylation is 1. The molecule has 0 saturated heterocycles. The normalized spacial score (nSPS) is 13.2. The van der Waals surface area contributed by atoms with Crippen LogP contribution >= 0.6 is 0 Å². The van der Waals surface area contributed by atoms with Gasteiger partial charge in [0.15, 0.2) is 0 Å². The van der Waals surface area contributed by atoms with Gasteiger partial charge in [-0.3, -0.25) is 4.79 Å². The molecule has 18 heavy (non-hydrogen) atoms. The van der Waals surface area contributed by atoms with Crippen LogP contribution in [0.4, 0.5) is 0 Å². The van der Waals surface area contributed by atoms with Crippen molar-refractivity contribution in [1.29, 1.82) is 0 Å². The maximum atomic E-state index is 11.7. The Morgan fingerprint density at radius 1 is 1.33 bits per heavy atom. The molecule has 0 aliphatic rings. The van der Waals surface area contributed by atoms with Gasteiger partial charge in [-0.05, 0) is 38.8 Å². The number of hydrogen-bond acceptors (Lipinski definition) is 2. The van der Waals surface area contributed by atoms with Crippen LogP contribution in [0.15, 0.2) is 24.3 Å². The number of benzene rings is 1. The minimum Gasteiger partial charge on any atom is -0.359 e. The molecule has 1 aromatic rings. The maximum absolute atomic E-state index is 11.7. The van der Waals surface area contributed by atoms with Crippen LogP contribution < -0.4 is 10.6 Å². The number of nitrogens with one attached hydrogen (secondary N) is 2. The Labute approximate surface area is 110 Å². The van der Waals surface area contributed by atoms with Gasteiger partial charge in [0.05, 0.1) is 5.41 Å². The average molecular weight is 248 g/mol. The summed E-state index contributed by atoms with van der Waals surface area (Å²) in [6, 6.07) is 8.57. The Hall–Kier alpha value is -1.35. The van der Waals surface area contributed by atoms with Gasteiger partial charge < -0.3 is 10.6 Å². The Morgan fingerprint density at radius 3 is 2.50 bits per heavy atom. The van der Waals surface area contributed by atoms with E-state index >= 15 is 0 Å². The summed E-state index contributed by atoms with van der Waals surface area (Å²) in [6.07, 6.45) is 0. The zero-order valence-electron chi connectivity index (χ0n) is 12.0. The van der Waals surface area contributed by atoms with E-state index in [1.807, 2.05) is 26.0 Å². The van der Waals surface area contributed by atoms with Crippen molar-refractivity contribution in [3.63, 3.8) is 0 Å². The number of rotatable bonds is 5. The lowest BCUT2D eigenvalue weighted by atomic mass is 9.91. The summed E-state index contributed by atoms with van der Waals surface area (Å²) in [7, 11) is 1.68. The molecule has 0 aliphatic carbocycles. The highest BCUT2D eigenvalue weighted by Gasteiger charge is 2.26. The zero-order valence-corrected chi connectivity index (χ0v) is 12.0. The van der Waals surface area contributed by atoms with Crippen molar-refractivity contribution in [2.75, 3.05) is 13.6 Å². The van der Waals surface area contributed by atoms with Gasteiger partial charge in [0, 0.05) is 19.6 Å². The van der Waals surface area contributed by atoms with E-state index in [0.717, 1.165) is 0 Å². The molecule has 1 rings (SSSR count). The van der Waals surface area contributed by atoms with Crippen LogP contribution in [0.5, 0.6) is 0 Å². The SMILES string of the molecule is CNC(=O)C(C)(C)CNC(C)c1ccccc1C. The fraction of sp³-hybridized carbons (Fsp3) is 0.533. The monoisotopic (exact) mass is 248 g/mol. The van der Waals surface area contributed by atoms with Crippen LogP contribution in [0.1, 0.15) is 37.9 Å². The number of carbonyl (C=O) groups is 1. The lowest BCUT2D eigenvalue weighted by Crippen LogP contribution is -2.42. The Balaban J connectivity index is 2.64. The summed E-state index contributed by atoms with van der Waals surface area (Å²) in [5, 5.41) is 6.14. The molecule has 1 atom stereocenters. The minimum absolute atomic E-state index is 0.0620. The third kappa shape index (κ3) is 3.57. The van der Waals surface area contributed by atoms with Crippen molar-refractivity contribution in [2.24, 2.45) is 5.41 Å². The van der Waals surface area contributed by atoms with Gasteiger partial charge in [-0.25, -0.2) is 0 Å². The Bertz CT molecular complexity index is 413. The van der Waals surface area contributed by atoms with E-state index in [1.54, 1.807) is 7.05 Å². The lowest BCUT2D eigenvalue weighted by Gasteiger charge is -2.26. The predicted octanol–water partition coefficient (Wildman–Crippen LogP) is 2.42. The molecule has 100 valence electrons. The molecular formula is C15H24N2O. The van der Waals surface area contributed by atoms with Gasteiger partial charge in [0.2, 0.25) is 5.91 Å². The van der Waals surface area contributed by atoms with Crippen molar-refractivity contribution >= 4 is 5.91 Å². The van der Waals surface area contributed by atoms with E-state index in [9.17, 15) is 4.79 Å². The van der Waals surface area contributed by atoms with Crippen LogP contribution in [0.25, 0.3) is 0 Å². The Kier molecular flexibility index (Phi) is 4.91. The molecule has 0 radical (unpaired) electrons. The van der Waals surface area contributed by atoms with Gasteiger partial charge in [-0.1, -0.05) is 24.3 Å². The quantitative estimate of drug-likeness (QED) is 0.840. The van der Waals surface area contributed by atoms with E-state index in [-0.39, 0.29) is 11.9 Å². The molecule has 0 fully saturated rings. The van der Waals surface area contributed by atoms with Crippen molar-refractivity contribution in [3.05, 3.63) is 35.4 Å². The second kappa shape index (κ2) is 6.01. The highest BCUT2D eigenvalue weighted by Crippen LogP contribution is 2.19. The molecule has 1 amide bonds.